The Morgan fingerprint density at radius 3 is 2.20 bits per heavy atom. The van der Waals surface area contributed by atoms with Gasteiger partial charge in [-0.05, 0) is 29.8 Å². The van der Waals surface area contributed by atoms with Crippen molar-refractivity contribution in [3.63, 3.8) is 0 Å². The molecule has 1 N–H and O–H groups in total. The normalized spacial score (nSPS) is 10.8. The average Bonchev–Trinajstić information content (AvgIpc) is 2.66. The number of benzene rings is 2. The molecule has 0 fully saturated rings. The fourth-order valence-corrected chi connectivity index (χ4v) is 2.56. The van der Waals surface area contributed by atoms with E-state index in [1.54, 1.807) is 0 Å². The molecule has 0 atom stereocenters. The molecule has 0 aliphatic carbocycles. The van der Waals surface area contributed by atoms with Gasteiger partial charge in [0.05, 0.1) is 6.61 Å². The molecule has 0 aromatic heterocycles. The number of hydrogen-bond donors (Lipinski definition) is 1. The Hall–Kier alpha value is -2.17. The molecule has 2 aromatic carbocycles. The van der Waals surface area contributed by atoms with Crippen LogP contribution in [0.4, 0.5) is 0 Å². The van der Waals surface area contributed by atoms with E-state index in [0.29, 0.717) is 13.2 Å². The predicted molar refractivity (Wildman–Crippen MR) is 101 cm³/mol. The number of hydrogen-bond acceptors (Lipinski definition) is 3. The first-order chi connectivity index (χ1) is 12.2. The fraction of sp³-hybridized carbons (Fsp3) is 0.381. The average molecular weight is 340 g/mol. The zero-order valence-corrected chi connectivity index (χ0v) is 15.2. The van der Waals surface area contributed by atoms with Crippen molar-refractivity contribution in [3.05, 3.63) is 71.3 Å². The second kappa shape index (κ2) is 10.6. The summed E-state index contributed by atoms with van der Waals surface area (Å²) in [5.41, 5.74) is 3.46. The SMILES string of the molecule is CCN(CC)Cc1ccc(CNC(=O)COCc2ccccc2)cc1. The van der Waals surface area contributed by atoms with Gasteiger partial charge in [-0.15, -0.1) is 0 Å². The number of rotatable bonds is 10. The molecular formula is C21H28N2O2. The van der Waals surface area contributed by atoms with Gasteiger partial charge in [0.2, 0.25) is 5.91 Å². The zero-order chi connectivity index (χ0) is 17.9. The second-order valence-corrected chi connectivity index (χ2v) is 6.03. The van der Waals surface area contributed by atoms with Crippen LogP contribution in [0, 0.1) is 0 Å². The van der Waals surface area contributed by atoms with Crippen LogP contribution in [0.15, 0.2) is 54.6 Å². The van der Waals surface area contributed by atoms with Crippen LogP contribution in [-0.4, -0.2) is 30.5 Å². The van der Waals surface area contributed by atoms with E-state index in [4.69, 9.17) is 4.74 Å². The number of carbonyl (C=O) groups excluding carboxylic acids is 1. The minimum atomic E-state index is -0.0943. The second-order valence-electron chi connectivity index (χ2n) is 6.03. The summed E-state index contributed by atoms with van der Waals surface area (Å²) in [6, 6.07) is 18.3. The van der Waals surface area contributed by atoms with Gasteiger partial charge in [-0.1, -0.05) is 68.4 Å². The van der Waals surface area contributed by atoms with E-state index in [0.717, 1.165) is 30.8 Å². The topological polar surface area (TPSA) is 41.6 Å². The lowest BCUT2D eigenvalue weighted by Gasteiger charge is -2.18. The Balaban J connectivity index is 1.69. The van der Waals surface area contributed by atoms with Gasteiger partial charge < -0.3 is 10.1 Å². The molecule has 0 bridgehead atoms. The van der Waals surface area contributed by atoms with Crippen LogP contribution < -0.4 is 5.32 Å². The molecule has 2 aromatic rings. The molecule has 0 heterocycles. The smallest absolute Gasteiger partial charge is 0.246 e. The Morgan fingerprint density at radius 1 is 0.920 bits per heavy atom. The van der Waals surface area contributed by atoms with E-state index >= 15 is 0 Å². The highest BCUT2D eigenvalue weighted by Gasteiger charge is 2.04. The van der Waals surface area contributed by atoms with Gasteiger partial charge in [0.1, 0.15) is 6.61 Å². The van der Waals surface area contributed by atoms with E-state index in [9.17, 15) is 4.79 Å². The highest BCUT2D eigenvalue weighted by atomic mass is 16.5. The third-order valence-electron chi connectivity index (χ3n) is 4.16. The van der Waals surface area contributed by atoms with E-state index in [1.165, 1.54) is 5.56 Å². The largest absolute Gasteiger partial charge is 0.367 e. The van der Waals surface area contributed by atoms with Gasteiger partial charge >= 0.3 is 0 Å². The monoisotopic (exact) mass is 340 g/mol. The summed E-state index contributed by atoms with van der Waals surface area (Å²) in [5.74, 6) is -0.0943. The van der Waals surface area contributed by atoms with Crippen molar-refractivity contribution in [1.29, 1.82) is 0 Å². The molecule has 0 aliphatic rings. The Labute approximate surface area is 150 Å². The summed E-state index contributed by atoms with van der Waals surface area (Å²) < 4.78 is 5.44. The first-order valence-electron chi connectivity index (χ1n) is 8.89. The van der Waals surface area contributed by atoms with E-state index in [2.05, 4.69) is 48.3 Å². The minimum Gasteiger partial charge on any atom is -0.367 e. The van der Waals surface area contributed by atoms with Crippen LogP contribution in [-0.2, 0) is 29.2 Å². The fourth-order valence-electron chi connectivity index (χ4n) is 2.56. The highest BCUT2D eigenvalue weighted by Crippen LogP contribution is 2.07. The predicted octanol–water partition coefficient (Wildman–Crippen LogP) is 3.36. The van der Waals surface area contributed by atoms with E-state index in [-0.39, 0.29) is 12.5 Å². The molecule has 25 heavy (non-hydrogen) atoms. The van der Waals surface area contributed by atoms with Crippen molar-refractivity contribution in [2.75, 3.05) is 19.7 Å². The quantitative estimate of drug-likeness (QED) is 0.721. The molecule has 0 saturated carbocycles. The van der Waals surface area contributed by atoms with Gasteiger partial charge in [-0.25, -0.2) is 0 Å². The number of nitrogens with one attached hydrogen (secondary N) is 1. The Morgan fingerprint density at radius 2 is 1.56 bits per heavy atom. The van der Waals surface area contributed by atoms with Crippen LogP contribution in [0.1, 0.15) is 30.5 Å². The summed E-state index contributed by atoms with van der Waals surface area (Å²) >= 11 is 0. The molecule has 1 amide bonds. The summed E-state index contributed by atoms with van der Waals surface area (Å²) in [4.78, 5) is 14.2. The molecule has 4 heteroatoms. The summed E-state index contributed by atoms with van der Waals surface area (Å²) in [6.45, 7) is 8.48. The third kappa shape index (κ3) is 7.08. The van der Waals surface area contributed by atoms with Crippen molar-refractivity contribution in [2.45, 2.75) is 33.5 Å². The van der Waals surface area contributed by atoms with Gasteiger partial charge in [0.15, 0.2) is 0 Å². The van der Waals surface area contributed by atoms with Crippen molar-refractivity contribution in [1.82, 2.24) is 10.2 Å². The molecule has 0 aliphatic heterocycles. The van der Waals surface area contributed by atoms with Crippen LogP contribution in [0.3, 0.4) is 0 Å². The van der Waals surface area contributed by atoms with Crippen LogP contribution >= 0.6 is 0 Å². The Kier molecular flexibility index (Phi) is 8.16. The van der Waals surface area contributed by atoms with E-state index < -0.39 is 0 Å². The number of nitrogens with zero attached hydrogens (tertiary/aromatic N) is 1. The lowest BCUT2D eigenvalue weighted by atomic mass is 10.1. The summed E-state index contributed by atoms with van der Waals surface area (Å²) in [7, 11) is 0. The Bertz CT molecular complexity index is 622. The van der Waals surface area contributed by atoms with Gasteiger partial charge in [0.25, 0.3) is 0 Å². The van der Waals surface area contributed by atoms with Gasteiger partial charge in [-0.2, -0.15) is 0 Å². The molecule has 2 rings (SSSR count). The molecule has 134 valence electrons. The molecule has 0 spiro atoms. The maximum atomic E-state index is 11.9. The van der Waals surface area contributed by atoms with Crippen molar-refractivity contribution < 1.29 is 9.53 Å². The number of amides is 1. The molecular weight excluding hydrogens is 312 g/mol. The van der Waals surface area contributed by atoms with Crippen LogP contribution in [0.25, 0.3) is 0 Å². The van der Waals surface area contributed by atoms with Crippen molar-refractivity contribution in [2.24, 2.45) is 0 Å². The van der Waals surface area contributed by atoms with Crippen LogP contribution in [0.5, 0.6) is 0 Å². The summed E-state index contributed by atoms with van der Waals surface area (Å²) in [5, 5.41) is 2.89. The lowest BCUT2D eigenvalue weighted by molar-refractivity contribution is -0.126. The molecule has 0 unspecified atom stereocenters. The maximum Gasteiger partial charge on any atom is 0.246 e. The van der Waals surface area contributed by atoms with Crippen molar-refractivity contribution in [3.8, 4) is 0 Å². The first-order valence-corrected chi connectivity index (χ1v) is 8.89. The standard InChI is InChI=1S/C21H28N2O2/c1-3-23(4-2)15-19-12-10-18(11-13-19)14-22-21(24)17-25-16-20-8-6-5-7-9-20/h5-13H,3-4,14-17H2,1-2H3,(H,22,24). The maximum absolute atomic E-state index is 11.9. The summed E-state index contributed by atoms with van der Waals surface area (Å²) in [6.07, 6.45) is 0. The van der Waals surface area contributed by atoms with Crippen molar-refractivity contribution >= 4 is 5.91 Å². The molecule has 0 saturated heterocycles. The number of carbonyl (C=O) groups is 1. The van der Waals surface area contributed by atoms with Gasteiger partial charge in [-0.3, -0.25) is 9.69 Å². The van der Waals surface area contributed by atoms with Gasteiger partial charge in [0, 0.05) is 13.1 Å². The molecule has 0 radical (unpaired) electrons. The highest BCUT2D eigenvalue weighted by molar-refractivity contribution is 5.77. The number of ether oxygens (including phenoxy) is 1. The van der Waals surface area contributed by atoms with Crippen LogP contribution in [0.2, 0.25) is 0 Å². The van der Waals surface area contributed by atoms with E-state index in [1.807, 2.05) is 30.3 Å². The third-order valence-corrected chi connectivity index (χ3v) is 4.16. The zero-order valence-electron chi connectivity index (χ0n) is 15.2. The lowest BCUT2D eigenvalue weighted by Crippen LogP contribution is -2.27. The minimum absolute atomic E-state index is 0.0783. The molecule has 4 nitrogen and oxygen atoms in total. The first kappa shape index (κ1) is 19.2.